The Bertz CT molecular complexity index is 498. The van der Waals surface area contributed by atoms with Crippen LogP contribution in [0.15, 0.2) is 16.9 Å². The lowest BCUT2D eigenvalue weighted by Gasteiger charge is -2.25. The van der Waals surface area contributed by atoms with Gasteiger partial charge in [-0.25, -0.2) is 0 Å². The highest BCUT2D eigenvalue weighted by atomic mass is 16.5. The first-order valence-electron chi connectivity index (χ1n) is 8.78. The summed E-state index contributed by atoms with van der Waals surface area (Å²) in [6.45, 7) is 3.35. The third kappa shape index (κ3) is 6.31. The molecule has 2 rings (SSSR count). The molecule has 2 heterocycles. The lowest BCUT2D eigenvalue weighted by atomic mass is 10.1. The fourth-order valence-corrected chi connectivity index (χ4v) is 2.78. The molecule has 0 aromatic carbocycles. The number of amides is 2. The van der Waals surface area contributed by atoms with Gasteiger partial charge in [-0.1, -0.05) is 31.3 Å². The molecule has 0 aliphatic carbocycles. The van der Waals surface area contributed by atoms with Crippen LogP contribution in [-0.2, 0) is 14.3 Å². The number of carbonyl (C=O) groups is 2. The number of rotatable bonds is 10. The number of ether oxygens (including phenoxy) is 1. The fourth-order valence-electron chi connectivity index (χ4n) is 2.78. The Hall–Kier alpha value is -1.89. The second-order valence-corrected chi connectivity index (χ2v) is 6.15. The molecule has 7 heteroatoms. The Morgan fingerprint density at radius 2 is 2.25 bits per heavy atom. The largest absolute Gasteiger partial charge is 0.376 e. The fraction of sp³-hybridized carbons (Fsp3) is 0.706. The number of unbranched alkanes of at least 4 members (excludes halogenated alkanes) is 3. The maximum atomic E-state index is 12.5. The summed E-state index contributed by atoms with van der Waals surface area (Å²) in [7, 11) is 0. The van der Waals surface area contributed by atoms with E-state index in [4.69, 9.17) is 4.74 Å². The van der Waals surface area contributed by atoms with Gasteiger partial charge in [0.2, 0.25) is 11.8 Å². The standard InChI is InChI=1S/C17H27N3O4/c1-2-3-4-5-8-17(22)20(12-14-7-6-10-23-14)13-16(21)18-15-9-11-24-19-15/h9,11,14H,2-8,10,12-13H2,1H3,(H,18,19,21)/t14-/m1/s1. The normalized spacial score (nSPS) is 17.0. The molecule has 0 unspecified atom stereocenters. The number of carbonyl (C=O) groups excluding carboxylic acids is 2. The number of nitrogens with one attached hydrogen (secondary N) is 1. The smallest absolute Gasteiger partial charge is 0.245 e. The first kappa shape index (κ1) is 18.4. The van der Waals surface area contributed by atoms with Crippen molar-refractivity contribution < 1.29 is 18.8 Å². The van der Waals surface area contributed by atoms with E-state index in [-0.39, 0.29) is 24.5 Å². The average Bonchev–Trinajstić information content (AvgIpc) is 3.24. The molecule has 1 N–H and O–H groups in total. The van der Waals surface area contributed by atoms with Crippen molar-refractivity contribution in [2.45, 2.75) is 58.0 Å². The molecule has 1 aliphatic rings. The number of hydrogen-bond acceptors (Lipinski definition) is 5. The first-order valence-corrected chi connectivity index (χ1v) is 8.78. The number of aromatic nitrogens is 1. The van der Waals surface area contributed by atoms with Gasteiger partial charge in [-0.15, -0.1) is 0 Å². The van der Waals surface area contributed by atoms with Crippen LogP contribution < -0.4 is 5.32 Å². The molecule has 1 atom stereocenters. The zero-order valence-corrected chi connectivity index (χ0v) is 14.3. The van der Waals surface area contributed by atoms with Gasteiger partial charge in [-0.3, -0.25) is 9.59 Å². The van der Waals surface area contributed by atoms with Gasteiger partial charge in [0, 0.05) is 25.6 Å². The number of anilines is 1. The lowest BCUT2D eigenvalue weighted by Crippen LogP contribution is -2.42. The van der Waals surface area contributed by atoms with Crippen molar-refractivity contribution >= 4 is 17.6 Å². The van der Waals surface area contributed by atoms with Crippen LogP contribution in [0.2, 0.25) is 0 Å². The molecule has 1 fully saturated rings. The van der Waals surface area contributed by atoms with Crippen LogP contribution in [0.1, 0.15) is 51.9 Å². The van der Waals surface area contributed by atoms with Crippen molar-refractivity contribution in [3.05, 3.63) is 12.3 Å². The van der Waals surface area contributed by atoms with Crippen LogP contribution in [0.5, 0.6) is 0 Å². The number of nitrogens with zero attached hydrogens (tertiary/aromatic N) is 2. The quantitative estimate of drug-likeness (QED) is 0.663. The summed E-state index contributed by atoms with van der Waals surface area (Å²) in [6, 6.07) is 1.56. The van der Waals surface area contributed by atoms with Crippen LogP contribution in [0.25, 0.3) is 0 Å². The second kappa shape index (κ2) is 10.1. The minimum absolute atomic E-state index is 0.0110. The van der Waals surface area contributed by atoms with E-state index >= 15 is 0 Å². The maximum absolute atomic E-state index is 12.5. The SMILES string of the molecule is CCCCCCC(=O)N(CC(=O)Nc1ccon1)C[C@H]1CCCO1. The summed E-state index contributed by atoms with van der Waals surface area (Å²) in [5.74, 6) is 0.0909. The van der Waals surface area contributed by atoms with Crippen LogP contribution in [-0.4, -0.2) is 47.7 Å². The van der Waals surface area contributed by atoms with E-state index in [1.165, 1.54) is 6.26 Å². The van der Waals surface area contributed by atoms with Crippen molar-refractivity contribution in [2.75, 3.05) is 25.0 Å². The summed E-state index contributed by atoms with van der Waals surface area (Å²) < 4.78 is 10.3. The third-order valence-electron chi connectivity index (χ3n) is 4.08. The molecular weight excluding hydrogens is 310 g/mol. The van der Waals surface area contributed by atoms with Crippen LogP contribution in [0.4, 0.5) is 5.82 Å². The molecule has 7 nitrogen and oxygen atoms in total. The highest BCUT2D eigenvalue weighted by Gasteiger charge is 2.24. The summed E-state index contributed by atoms with van der Waals surface area (Å²) >= 11 is 0. The Morgan fingerprint density at radius 1 is 1.38 bits per heavy atom. The lowest BCUT2D eigenvalue weighted by molar-refractivity contribution is -0.136. The molecule has 134 valence electrons. The minimum Gasteiger partial charge on any atom is -0.376 e. The Labute approximate surface area is 142 Å². The van der Waals surface area contributed by atoms with Crippen LogP contribution >= 0.6 is 0 Å². The van der Waals surface area contributed by atoms with Gasteiger partial charge < -0.3 is 19.5 Å². The average molecular weight is 337 g/mol. The zero-order chi connectivity index (χ0) is 17.2. The van der Waals surface area contributed by atoms with E-state index in [2.05, 4.69) is 21.9 Å². The van der Waals surface area contributed by atoms with Gasteiger partial charge in [-0.05, 0) is 19.3 Å². The monoisotopic (exact) mass is 337 g/mol. The molecule has 1 aromatic rings. The van der Waals surface area contributed by atoms with Crippen molar-refractivity contribution in [1.82, 2.24) is 10.1 Å². The maximum Gasteiger partial charge on any atom is 0.245 e. The van der Waals surface area contributed by atoms with E-state index in [0.29, 0.717) is 18.8 Å². The minimum atomic E-state index is -0.274. The molecule has 2 amide bonds. The van der Waals surface area contributed by atoms with E-state index in [1.54, 1.807) is 11.0 Å². The van der Waals surface area contributed by atoms with E-state index in [0.717, 1.165) is 45.1 Å². The summed E-state index contributed by atoms with van der Waals surface area (Å²) in [5, 5.41) is 6.28. The van der Waals surface area contributed by atoms with Crippen molar-refractivity contribution in [3.63, 3.8) is 0 Å². The molecule has 1 aliphatic heterocycles. The van der Waals surface area contributed by atoms with E-state index in [1.807, 2.05) is 0 Å². The first-order chi connectivity index (χ1) is 11.7. The summed E-state index contributed by atoms with van der Waals surface area (Å²) in [6.07, 6.45) is 8.01. The molecule has 1 saturated heterocycles. The van der Waals surface area contributed by atoms with Gasteiger partial charge in [0.25, 0.3) is 0 Å². The molecule has 0 bridgehead atoms. The third-order valence-corrected chi connectivity index (χ3v) is 4.08. The summed E-state index contributed by atoms with van der Waals surface area (Å²) in [4.78, 5) is 26.2. The molecular formula is C17H27N3O4. The molecule has 24 heavy (non-hydrogen) atoms. The zero-order valence-electron chi connectivity index (χ0n) is 14.3. The molecule has 0 spiro atoms. The molecule has 0 radical (unpaired) electrons. The van der Waals surface area contributed by atoms with Crippen LogP contribution in [0, 0.1) is 0 Å². The second-order valence-electron chi connectivity index (χ2n) is 6.15. The molecule has 1 aromatic heterocycles. The summed E-state index contributed by atoms with van der Waals surface area (Å²) in [5.41, 5.74) is 0. The predicted octanol–water partition coefficient (Wildman–Crippen LogP) is 2.59. The Morgan fingerprint density at radius 3 is 2.92 bits per heavy atom. The van der Waals surface area contributed by atoms with Gasteiger partial charge >= 0.3 is 0 Å². The predicted molar refractivity (Wildman–Crippen MR) is 89.4 cm³/mol. The van der Waals surface area contributed by atoms with Crippen molar-refractivity contribution in [3.8, 4) is 0 Å². The van der Waals surface area contributed by atoms with Gasteiger partial charge in [0.1, 0.15) is 6.26 Å². The highest BCUT2D eigenvalue weighted by molar-refractivity contribution is 5.93. The van der Waals surface area contributed by atoms with E-state index in [9.17, 15) is 9.59 Å². The molecule has 0 saturated carbocycles. The van der Waals surface area contributed by atoms with Gasteiger partial charge in [0.05, 0.1) is 12.6 Å². The van der Waals surface area contributed by atoms with Gasteiger partial charge in [-0.2, -0.15) is 0 Å². The topological polar surface area (TPSA) is 84.7 Å². The Balaban J connectivity index is 1.85. The van der Waals surface area contributed by atoms with Crippen LogP contribution in [0.3, 0.4) is 0 Å². The van der Waals surface area contributed by atoms with Crippen molar-refractivity contribution in [2.24, 2.45) is 0 Å². The highest BCUT2D eigenvalue weighted by Crippen LogP contribution is 2.15. The Kier molecular flexibility index (Phi) is 7.74. The van der Waals surface area contributed by atoms with E-state index < -0.39 is 0 Å². The van der Waals surface area contributed by atoms with Gasteiger partial charge in [0.15, 0.2) is 5.82 Å². The number of hydrogen-bond donors (Lipinski definition) is 1. The van der Waals surface area contributed by atoms with Crippen molar-refractivity contribution in [1.29, 1.82) is 0 Å².